The summed E-state index contributed by atoms with van der Waals surface area (Å²) in [7, 11) is 0. The second kappa shape index (κ2) is 6.54. The quantitative estimate of drug-likeness (QED) is 0.680. The second-order valence-corrected chi connectivity index (χ2v) is 8.94. The van der Waals surface area contributed by atoms with Gasteiger partial charge in [-0.3, -0.25) is 9.59 Å². The molecule has 0 radical (unpaired) electrons. The van der Waals surface area contributed by atoms with Crippen LogP contribution in [0.15, 0.2) is 23.5 Å². The topological polar surface area (TPSA) is 52.6 Å². The molecule has 6 atom stereocenters. The zero-order valence-corrected chi connectivity index (χ0v) is 16.1. The maximum absolute atomic E-state index is 11.5. The highest BCUT2D eigenvalue weighted by molar-refractivity contribution is 5.67. The molecule has 0 aromatic heterocycles. The number of allylic oxidation sites excluding steroid dienone is 4. The van der Waals surface area contributed by atoms with Crippen LogP contribution in [-0.4, -0.2) is 18.0 Å². The van der Waals surface area contributed by atoms with Crippen LogP contribution in [0.25, 0.3) is 0 Å². The minimum Gasteiger partial charge on any atom is -0.462 e. The molecule has 5 unspecified atom stereocenters. The van der Waals surface area contributed by atoms with E-state index in [1.165, 1.54) is 32.3 Å². The van der Waals surface area contributed by atoms with Crippen LogP contribution in [0.1, 0.15) is 65.7 Å². The van der Waals surface area contributed by atoms with Gasteiger partial charge >= 0.3 is 11.9 Å². The molecule has 0 aromatic carbocycles. The van der Waals surface area contributed by atoms with E-state index in [4.69, 9.17) is 9.47 Å². The van der Waals surface area contributed by atoms with Crippen LogP contribution < -0.4 is 0 Å². The van der Waals surface area contributed by atoms with Gasteiger partial charge in [0.05, 0.1) is 0 Å². The van der Waals surface area contributed by atoms with E-state index in [1.54, 1.807) is 0 Å². The van der Waals surface area contributed by atoms with Crippen LogP contribution in [0.2, 0.25) is 0 Å². The molecule has 2 fully saturated rings. The summed E-state index contributed by atoms with van der Waals surface area (Å²) in [5.41, 5.74) is 1.53. The van der Waals surface area contributed by atoms with E-state index in [-0.39, 0.29) is 23.5 Å². The molecular weight excluding hydrogens is 328 g/mol. The standard InChI is InChI=1S/C22H30O4/c1-13(23)25-16-5-7-17-15(12-16)4-6-19-18(17)10-11-22(3)20(19)8-9-21(22)26-14(2)24/h4,12,17-21H,5-11H2,1-3H3/t17?,18?,19?,20?,21?,22-/m0/s1. The molecule has 0 bridgehead atoms. The van der Waals surface area contributed by atoms with Gasteiger partial charge in [-0.1, -0.05) is 13.0 Å². The van der Waals surface area contributed by atoms with Gasteiger partial charge in [-0.05, 0) is 73.8 Å². The Morgan fingerprint density at radius 1 is 1.08 bits per heavy atom. The molecular formula is C22H30O4. The maximum Gasteiger partial charge on any atom is 0.307 e. The van der Waals surface area contributed by atoms with Crippen molar-refractivity contribution in [2.45, 2.75) is 71.8 Å². The molecule has 0 spiro atoms. The van der Waals surface area contributed by atoms with E-state index in [0.29, 0.717) is 17.8 Å². The Hall–Kier alpha value is -1.58. The first-order valence-electron chi connectivity index (χ1n) is 10.1. The van der Waals surface area contributed by atoms with Crippen LogP contribution in [0.4, 0.5) is 0 Å². The molecule has 0 heterocycles. The average molecular weight is 358 g/mol. The SMILES string of the molecule is CC(=O)OC1=CC2=CCC3C(CC[C@]4(C)C(OC(C)=O)CCC34)C2CC1. The fraction of sp³-hybridized carbons (Fsp3) is 0.727. The van der Waals surface area contributed by atoms with E-state index >= 15 is 0 Å². The van der Waals surface area contributed by atoms with Crippen LogP contribution in [0.5, 0.6) is 0 Å². The smallest absolute Gasteiger partial charge is 0.307 e. The Labute approximate surface area is 156 Å². The lowest BCUT2D eigenvalue weighted by atomic mass is 9.53. The molecule has 0 aromatic rings. The molecule has 26 heavy (non-hydrogen) atoms. The number of esters is 2. The molecule has 4 heteroatoms. The summed E-state index contributed by atoms with van der Waals surface area (Å²) in [6.45, 7) is 5.36. The summed E-state index contributed by atoms with van der Waals surface area (Å²) in [6, 6.07) is 0. The highest BCUT2D eigenvalue weighted by atomic mass is 16.5. The van der Waals surface area contributed by atoms with Crippen LogP contribution in [0.3, 0.4) is 0 Å². The summed E-state index contributed by atoms with van der Waals surface area (Å²) >= 11 is 0. The van der Waals surface area contributed by atoms with Gasteiger partial charge in [-0.25, -0.2) is 0 Å². The summed E-state index contributed by atoms with van der Waals surface area (Å²) in [6.07, 6.45) is 12.2. The largest absolute Gasteiger partial charge is 0.462 e. The van der Waals surface area contributed by atoms with E-state index in [9.17, 15) is 9.59 Å². The summed E-state index contributed by atoms with van der Waals surface area (Å²) in [4.78, 5) is 22.8. The van der Waals surface area contributed by atoms with Crippen molar-refractivity contribution in [3.63, 3.8) is 0 Å². The van der Waals surface area contributed by atoms with Gasteiger partial charge in [0.1, 0.15) is 11.9 Å². The van der Waals surface area contributed by atoms with Gasteiger partial charge in [0.25, 0.3) is 0 Å². The van der Waals surface area contributed by atoms with Crippen molar-refractivity contribution >= 4 is 11.9 Å². The Balaban J connectivity index is 1.55. The minimum atomic E-state index is -0.222. The van der Waals surface area contributed by atoms with Crippen molar-refractivity contribution in [2.75, 3.05) is 0 Å². The molecule has 4 aliphatic carbocycles. The molecule has 0 N–H and O–H groups in total. The molecule has 0 amide bonds. The number of rotatable bonds is 2. The third kappa shape index (κ3) is 2.91. The summed E-state index contributed by atoms with van der Waals surface area (Å²) in [5, 5.41) is 0. The van der Waals surface area contributed by atoms with Crippen LogP contribution in [-0.2, 0) is 19.1 Å². The highest BCUT2D eigenvalue weighted by Gasteiger charge is 2.56. The lowest BCUT2D eigenvalue weighted by Crippen LogP contribution is -2.47. The monoisotopic (exact) mass is 358 g/mol. The molecule has 2 saturated carbocycles. The molecule has 4 rings (SSSR count). The van der Waals surface area contributed by atoms with Gasteiger partial charge in [-0.15, -0.1) is 0 Å². The van der Waals surface area contributed by atoms with Crippen molar-refractivity contribution in [3.05, 3.63) is 23.5 Å². The van der Waals surface area contributed by atoms with Gasteiger partial charge in [0, 0.05) is 25.7 Å². The molecule has 4 aliphatic rings. The highest BCUT2D eigenvalue weighted by Crippen LogP contribution is 2.61. The van der Waals surface area contributed by atoms with Crippen LogP contribution >= 0.6 is 0 Å². The van der Waals surface area contributed by atoms with Gasteiger partial charge in [0.2, 0.25) is 0 Å². The first-order valence-corrected chi connectivity index (χ1v) is 10.1. The third-order valence-corrected chi connectivity index (χ3v) is 7.59. The summed E-state index contributed by atoms with van der Waals surface area (Å²) in [5.74, 6) is 3.15. The Morgan fingerprint density at radius 2 is 1.88 bits per heavy atom. The summed E-state index contributed by atoms with van der Waals surface area (Å²) < 4.78 is 11.1. The molecule has 0 saturated heterocycles. The fourth-order valence-electron chi connectivity index (χ4n) is 6.54. The minimum absolute atomic E-state index is 0.0955. The number of fused-ring (bicyclic) bond motifs is 5. The first-order chi connectivity index (χ1) is 12.4. The maximum atomic E-state index is 11.5. The Kier molecular flexibility index (Phi) is 4.48. The Bertz CT molecular complexity index is 676. The lowest BCUT2D eigenvalue weighted by Gasteiger charge is -2.52. The van der Waals surface area contributed by atoms with Crippen molar-refractivity contribution in [3.8, 4) is 0 Å². The first kappa shape index (κ1) is 17.8. The second-order valence-electron chi connectivity index (χ2n) is 8.94. The number of hydrogen-bond acceptors (Lipinski definition) is 4. The Morgan fingerprint density at radius 3 is 2.62 bits per heavy atom. The van der Waals surface area contributed by atoms with Gasteiger partial charge < -0.3 is 9.47 Å². The number of hydrogen-bond donors (Lipinski definition) is 0. The lowest BCUT2D eigenvalue weighted by molar-refractivity contribution is -0.155. The van der Waals surface area contributed by atoms with Crippen LogP contribution in [0, 0.1) is 29.1 Å². The number of carbonyl (C=O) groups excluding carboxylic acids is 2. The van der Waals surface area contributed by atoms with Crippen molar-refractivity contribution in [2.24, 2.45) is 29.1 Å². The van der Waals surface area contributed by atoms with Gasteiger partial charge in [0.15, 0.2) is 0 Å². The number of carbonyl (C=O) groups is 2. The predicted octanol–water partition coefficient (Wildman–Crippen LogP) is 4.55. The van der Waals surface area contributed by atoms with E-state index in [1.807, 2.05) is 0 Å². The average Bonchev–Trinajstić information content (AvgIpc) is 2.90. The van der Waals surface area contributed by atoms with E-state index in [2.05, 4.69) is 19.1 Å². The molecule has 4 nitrogen and oxygen atoms in total. The zero-order valence-electron chi connectivity index (χ0n) is 16.1. The van der Waals surface area contributed by atoms with E-state index < -0.39 is 0 Å². The van der Waals surface area contributed by atoms with Crippen molar-refractivity contribution in [1.29, 1.82) is 0 Å². The predicted molar refractivity (Wildman–Crippen MR) is 97.9 cm³/mol. The zero-order chi connectivity index (χ0) is 18.5. The van der Waals surface area contributed by atoms with E-state index in [0.717, 1.165) is 43.8 Å². The van der Waals surface area contributed by atoms with Gasteiger partial charge in [-0.2, -0.15) is 0 Å². The molecule has 142 valence electrons. The van der Waals surface area contributed by atoms with Crippen molar-refractivity contribution < 1.29 is 19.1 Å². The third-order valence-electron chi connectivity index (χ3n) is 7.59. The van der Waals surface area contributed by atoms with Crippen molar-refractivity contribution in [1.82, 2.24) is 0 Å². The number of ether oxygens (including phenoxy) is 2. The fourth-order valence-corrected chi connectivity index (χ4v) is 6.54. The molecule has 0 aliphatic heterocycles. The normalized spacial score (nSPS) is 41.1.